The van der Waals surface area contributed by atoms with Crippen molar-refractivity contribution in [3.8, 4) is 0 Å². The average Bonchev–Trinajstić information content (AvgIpc) is 2.30. The maximum atomic E-state index is 13.4. The van der Waals surface area contributed by atoms with Crippen LogP contribution in [0.5, 0.6) is 0 Å². The summed E-state index contributed by atoms with van der Waals surface area (Å²) in [5, 5.41) is 0. The molecule has 1 rings (SSSR count). The van der Waals surface area contributed by atoms with Crippen LogP contribution in [0.3, 0.4) is 0 Å². The molecule has 0 amide bonds. The summed E-state index contributed by atoms with van der Waals surface area (Å²) in [6.45, 7) is 3.07. The first kappa shape index (κ1) is 14.8. The molecular formula is C12H14F2O3S. The summed E-state index contributed by atoms with van der Waals surface area (Å²) in [6, 6.07) is 2.73. The molecule has 0 aliphatic rings. The molecule has 0 heterocycles. The number of rotatable bonds is 4. The van der Waals surface area contributed by atoms with Crippen molar-refractivity contribution in [3.05, 3.63) is 29.8 Å². The Morgan fingerprint density at radius 2 is 2.00 bits per heavy atom. The Labute approximate surface area is 107 Å². The zero-order valence-electron chi connectivity index (χ0n) is 10.3. The van der Waals surface area contributed by atoms with Gasteiger partial charge < -0.3 is 4.74 Å². The molecule has 0 fully saturated rings. The van der Waals surface area contributed by atoms with E-state index in [0.29, 0.717) is 0 Å². The molecule has 1 aromatic carbocycles. The lowest BCUT2D eigenvalue weighted by Crippen LogP contribution is -2.31. The van der Waals surface area contributed by atoms with Gasteiger partial charge in [0.1, 0.15) is 11.6 Å². The lowest BCUT2D eigenvalue weighted by molar-refractivity contribution is -0.149. The van der Waals surface area contributed by atoms with Crippen LogP contribution in [0.15, 0.2) is 23.1 Å². The lowest BCUT2D eigenvalue weighted by atomic mass is 9.97. The third kappa shape index (κ3) is 3.35. The molecule has 0 saturated heterocycles. The van der Waals surface area contributed by atoms with Gasteiger partial charge in [0.25, 0.3) is 0 Å². The SMILES string of the molecule is COC(=O)C(C)(C)CS(=O)c1cc(F)ccc1F. The van der Waals surface area contributed by atoms with Crippen molar-refractivity contribution in [2.24, 2.45) is 5.41 Å². The molecule has 0 saturated carbocycles. The van der Waals surface area contributed by atoms with Gasteiger partial charge in [-0.2, -0.15) is 0 Å². The number of esters is 1. The Hall–Kier alpha value is -1.30. The first-order chi connectivity index (χ1) is 8.27. The molecule has 0 aliphatic heterocycles. The van der Waals surface area contributed by atoms with E-state index < -0.39 is 33.8 Å². The van der Waals surface area contributed by atoms with Crippen molar-refractivity contribution in [2.75, 3.05) is 12.9 Å². The number of halogens is 2. The summed E-state index contributed by atoms with van der Waals surface area (Å²) >= 11 is 0. The van der Waals surface area contributed by atoms with Crippen LogP contribution in [0.4, 0.5) is 8.78 Å². The van der Waals surface area contributed by atoms with Crippen LogP contribution >= 0.6 is 0 Å². The highest BCUT2D eigenvalue weighted by Gasteiger charge is 2.32. The van der Waals surface area contributed by atoms with E-state index >= 15 is 0 Å². The molecule has 1 atom stereocenters. The van der Waals surface area contributed by atoms with E-state index in [1.807, 2.05) is 0 Å². The van der Waals surface area contributed by atoms with Crippen LogP contribution in [-0.2, 0) is 20.3 Å². The zero-order valence-corrected chi connectivity index (χ0v) is 11.1. The second kappa shape index (κ2) is 5.56. The Morgan fingerprint density at radius 1 is 1.39 bits per heavy atom. The monoisotopic (exact) mass is 276 g/mol. The maximum absolute atomic E-state index is 13.4. The van der Waals surface area contributed by atoms with E-state index in [0.717, 1.165) is 18.2 Å². The highest BCUT2D eigenvalue weighted by molar-refractivity contribution is 7.85. The van der Waals surface area contributed by atoms with Crippen LogP contribution in [0, 0.1) is 17.0 Å². The van der Waals surface area contributed by atoms with Gasteiger partial charge in [-0.25, -0.2) is 8.78 Å². The average molecular weight is 276 g/mol. The predicted molar refractivity (Wildman–Crippen MR) is 63.4 cm³/mol. The predicted octanol–water partition coefficient (Wildman–Crippen LogP) is 2.27. The number of carbonyl (C=O) groups excluding carboxylic acids is 1. The molecule has 6 heteroatoms. The summed E-state index contributed by atoms with van der Waals surface area (Å²) in [5.41, 5.74) is -1.03. The summed E-state index contributed by atoms with van der Waals surface area (Å²) in [6.07, 6.45) is 0. The van der Waals surface area contributed by atoms with E-state index in [2.05, 4.69) is 4.74 Å². The van der Waals surface area contributed by atoms with Crippen LogP contribution < -0.4 is 0 Å². The van der Waals surface area contributed by atoms with Gasteiger partial charge in [-0.1, -0.05) is 0 Å². The van der Waals surface area contributed by atoms with Gasteiger partial charge in [-0.15, -0.1) is 0 Å². The number of methoxy groups -OCH3 is 1. The van der Waals surface area contributed by atoms with Crippen molar-refractivity contribution in [2.45, 2.75) is 18.7 Å². The van der Waals surface area contributed by atoms with Gasteiger partial charge in [-0.3, -0.25) is 9.00 Å². The Balaban J connectivity index is 2.95. The molecule has 100 valence electrons. The Bertz CT molecular complexity index is 486. The molecule has 0 radical (unpaired) electrons. The first-order valence-electron chi connectivity index (χ1n) is 5.20. The van der Waals surface area contributed by atoms with Crippen LogP contribution in [0.2, 0.25) is 0 Å². The Morgan fingerprint density at radius 3 is 2.56 bits per heavy atom. The summed E-state index contributed by atoms with van der Waals surface area (Å²) in [5.74, 6) is -2.11. The molecule has 1 unspecified atom stereocenters. The topological polar surface area (TPSA) is 43.4 Å². The third-order valence-electron chi connectivity index (χ3n) is 2.37. The fourth-order valence-corrected chi connectivity index (χ4v) is 2.85. The first-order valence-corrected chi connectivity index (χ1v) is 6.51. The smallest absolute Gasteiger partial charge is 0.312 e. The molecule has 0 spiro atoms. The largest absolute Gasteiger partial charge is 0.469 e. The fraction of sp³-hybridized carbons (Fsp3) is 0.417. The summed E-state index contributed by atoms with van der Waals surface area (Å²) in [4.78, 5) is 11.2. The molecule has 0 aromatic heterocycles. The highest BCUT2D eigenvalue weighted by Crippen LogP contribution is 2.23. The van der Waals surface area contributed by atoms with Gasteiger partial charge in [0.2, 0.25) is 0 Å². The maximum Gasteiger partial charge on any atom is 0.312 e. The normalized spacial score (nSPS) is 13.2. The van der Waals surface area contributed by atoms with Crippen LogP contribution in [0.25, 0.3) is 0 Å². The van der Waals surface area contributed by atoms with Crippen molar-refractivity contribution in [1.82, 2.24) is 0 Å². The molecule has 1 aromatic rings. The molecule has 0 bridgehead atoms. The van der Waals surface area contributed by atoms with Crippen molar-refractivity contribution < 1.29 is 22.5 Å². The van der Waals surface area contributed by atoms with Gasteiger partial charge in [0.15, 0.2) is 0 Å². The quantitative estimate of drug-likeness (QED) is 0.792. The van der Waals surface area contributed by atoms with Gasteiger partial charge >= 0.3 is 5.97 Å². The number of benzene rings is 1. The van der Waals surface area contributed by atoms with Crippen molar-refractivity contribution in [1.29, 1.82) is 0 Å². The molecule has 0 aliphatic carbocycles. The summed E-state index contributed by atoms with van der Waals surface area (Å²) < 4.78 is 42.9. The standard InChI is InChI=1S/C12H14F2O3S/c1-12(2,11(15)17-3)7-18(16)10-6-8(13)4-5-9(10)14/h4-6H,7H2,1-3H3. The minimum absolute atomic E-state index is 0.139. The fourth-order valence-electron chi connectivity index (χ4n) is 1.39. The van der Waals surface area contributed by atoms with Gasteiger partial charge in [0.05, 0.1) is 28.2 Å². The van der Waals surface area contributed by atoms with E-state index in [9.17, 15) is 17.8 Å². The van der Waals surface area contributed by atoms with Crippen LogP contribution in [-0.4, -0.2) is 23.0 Å². The van der Waals surface area contributed by atoms with Gasteiger partial charge in [0, 0.05) is 5.75 Å². The number of hydrogen-bond acceptors (Lipinski definition) is 3. The lowest BCUT2D eigenvalue weighted by Gasteiger charge is -2.20. The molecular weight excluding hydrogens is 262 g/mol. The number of ether oxygens (including phenoxy) is 1. The third-order valence-corrected chi connectivity index (χ3v) is 4.16. The second-order valence-electron chi connectivity index (χ2n) is 4.44. The van der Waals surface area contributed by atoms with Crippen molar-refractivity contribution >= 4 is 16.8 Å². The van der Waals surface area contributed by atoms with Crippen molar-refractivity contribution in [3.63, 3.8) is 0 Å². The number of hydrogen-bond donors (Lipinski definition) is 0. The van der Waals surface area contributed by atoms with E-state index in [-0.39, 0.29) is 10.6 Å². The molecule has 3 nitrogen and oxygen atoms in total. The molecule has 18 heavy (non-hydrogen) atoms. The molecule has 0 N–H and O–H groups in total. The minimum Gasteiger partial charge on any atom is -0.469 e. The number of carbonyl (C=O) groups is 1. The zero-order chi connectivity index (χ0) is 13.9. The van der Waals surface area contributed by atoms with Crippen LogP contribution in [0.1, 0.15) is 13.8 Å². The second-order valence-corrected chi connectivity index (χ2v) is 5.86. The minimum atomic E-state index is -1.81. The van der Waals surface area contributed by atoms with E-state index in [1.54, 1.807) is 0 Å². The Kier molecular flexibility index (Phi) is 4.56. The van der Waals surface area contributed by atoms with Gasteiger partial charge in [-0.05, 0) is 32.0 Å². The van der Waals surface area contributed by atoms with E-state index in [1.165, 1.54) is 21.0 Å². The summed E-state index contributed by atoms with van der Waals surface area (Å²) in [7, 11) is -0.595. The highest BCUT2D eigenvalue weighted by atomic mass is 32.2. The van der Waals surface area contributed by atoms with E-state index in [4.69, 9.17) is 0 Å².